The van der Waals surface area contributed by atoms with E-state index in [4.69, 9.17) is 5.73 Å². The molecule has 1 unspecified atom stereocenters. The van der Waals surface area contributed by atoms with Gasteiger partial charge in [-0.1, -0.05) is 23.8 Å². The first-order valence-electron chi connectivity index (χ1n) is 6.24. The topological polar surface area (TPSA) is 26.0 Å². The Balaban J connectivity index is 2.27. The van der Waals surface area contributed by atoms with Crippen LogP contribution in [-0.2, 0) is 6.42 Å². The first kappa shape index (κ1) is 13.7. The molecule has 0 aliphatic rings. The summed E-state index contributed by atoms with van der Waals surface area (Å²) in [6.07, 6.45) is 0.494. The van der Waals surface area contributed by atoms with Crippen LogP contribution in [0.3, 0.4) is 0 Å². The van der Waals surface area contributed by atoms with Crippen molar-refractivity contribution in [3.63, 3.8) is 0 Å². The first-order chi connectivity index (χ1) is 8.97. The molecule has 0 saturated heterocycles. The van der Waals surface area contributed by atoms with Crippen molar-refractivity contribution < 1.29 is 8.78 Å². The average molecular weight is 261 g/mol. The zero-order valence-corrected chi connectivity index (χ0v) is 11.1. The number of hydrogen-bond donors (Lipinski definition) is 1. The van der Waals surface area contributed by atoms with Gasteiger partial charge in [-0.25, -0.2) is 8.78 Å². The van der Waals surface area contributed by atoms with Gasteiger partial charge in [0.05, 0.1) is 0 Å². The predicted molar refractivity (Wildman–Crippen MR) is 72.9 cm³/mol. The van der Waals surface area contributed by atoms with Crippen molar-refractivity contribution in [3.8, 4) is 0 Å². The molecule has 3 heteroatoms. The Kier molecular flexibility index (Phi) is 3.96. The second-order valence-corrected chi connectivity index (χ2v) is 4.91. The van der Waals surface area contributed by atoms with Crippen molar-refractivity contribution in [1.82, 2.24) is 0 Å². The lowest BCUT2D eigenvalue weighted by atomic mass is 9.95. The van der Waals surface area contributed by atoms with Crippen LogP contribution in [0.5, 0.6) is 0 Å². The van der Waals surface area contributed by atoms with Crippen molar-refractivity contribution >= 4 is 0 Å². The molecule has 1 nitrogen and oxygen atoms in total. The normalized spacial score (nSPS) is 12.5. The third-order valence-electron chi connectivity index (χ3n) is 3.30. The van der Waals surface area contributed by atoms with Crippen LogP contribution in [-0.4, -0.2) is 0 Å². The largest absolute Gasteiger partial charge is 0.324 e. The molecule has 0 aliphatic carbocycles. The van der Waals surface area contributed by atoms with Gasteiger partial charge in [0.2, 0.25) is 0 Å². The lowest BCUT2D eigenvalue weighted by molar-refractivity contribution is 0.560. The van der Waals surface area contributed by atoms with E-state index in [1.54, 1.807) is 0 Å². The summed E-state index contributed by atoms with van der Waals surface area (Å²) in [7, 11) is 0. The Hall–Kier alpha value is -1.74. The molecule has 0 spiro atoms. The fraction of sp³-hybridized carbons (Fsp3) is 0.250. The molecular weight excluding hydrogens is 244 g/mol. The van der Waals surface area contributed by atoms with Gasteiger partial charge in [-0.3, -0.25) is 0 Å². The maximum Gasteiger partial charge on any atom is 0.128 e. The van der Waals surface area contributed by atoms with Gasteiger partial charge in [-0.2, -0.15) is 0 Å². The fourth-order valence-electron chi connectivity index (χ4n) is 2.17. The monoisotopic (exact) mass is 261 g/mol. The summed E-state index contributed by atoms with van der Waals surface area (Å²) in [5.74, 6) is -0.924. The molecule has 2 rings (SSSR count). The smallest absolute Gasteiger partial charge is 0.128 e. The molecule has 2 aromatic carbocycles. The number of benzene rings is 2. The number of aryl methyl sites for hydroxylation is 2. The van der Waals surface area contributed by atoms with E-state index in [9.17, 15) is 8.78 Å². The summed E-state index contributed by atoms with van der Waals surface area (Å²) in [5, 5.41) is 0. The van der Waals surface area contributed by atoms with Gasteiger partial charge in [-0.05, 0) is 49.6 Å². The highest BCUT2D eigenvalue weighted by Crippen LogP contribution is 2.22. The maximum atomic E-state index is 13.7. The van der Waals surface area contributed by atoms with Gasteiger partial charge in [-0.15, -0.1) is 0 Å². The zero-order chi connectivity index (χ0) is 14.0. The molecule has 0 aromatic heterocycles. The highest BCUT2D eigenvalue weighted by molar-refractivity contribution is 5.33. The highest BCUT2D eigenvalue weighted by Gasteiger charge is 2.14. The van der Waals surface area contributed by atoms with Crippen LogP contribution in [0.4, 0.5) is 8.78 Å². The Morgan fingerprint density at radius 1 is 1.05 bits per heavy atom. The molecule has 0 radical (unpaired) electrons. The van der Waals surface area contributed by atoms with Crippen LogP contribution in [0, 0.1) is 25.5 Å². The van der Waals surface area contributed by atoms with Crippen LogP contribution in [0.25, 0.3) is 0 Å². The van der Waals surface area contributed by atoms with E-state index in [-0.39, 0.29) is 5.56 Å². The zero-order valence-electron chi connectivity index (χ0n) is 11.1. The molecule has 19 heavy (non-hydrogen) atoms. The molecule has 0 heterocycles. The van der Waals surface area contributed by atoms with Gasteiger partial charge in [0, 0.05) is 11.6 Å². The SMILES string of the molecule is Cc1ccc(C)c(CC(N)c2cc(F)ccc2F)c1. The van der Waals surface area contributed by atoms with Crippen molar-refractivity contribution in [3.05, 3.63) is 70.3 Å². The lowest BCUT2D eigenvalue weighted by Gasteiger charge is -2.15. The van der Waals surface area contributed by atoms with Crippen LogP contribution >= 0.6 is 0 Å². The second kappa shape index (κ2) is 5.49. The number of hydrogen-bond acceptors (Lipinski definition) is 1. The molecular formula is C16H17F2N. The van der Waals surface area contributed by atoms with Crippen molar-refractivity contribution in [2.75, 3.05) is 0 Å². The molecule has 0 bridgehead atoms. The summed E-state index contributed by atoms with van der Waals surface area (Å²) < 4.78 is 26.8. The summed E-state index contributed by atoms with van der Waals surface area (Å²) in [4.78, 5) is 0. The average Bonchev–Trinajstić information content (AvgIpc) is 2.36. The summed E-state index contributed by atoms with van der Waals surface area (Å²) in [6, 6.07) is 8.91. The number of halogens is 2. The summed E-state index contributed by atoms with van der Waals surface area (Å²) in [6.45, 7) is 3.99. The molecule has 0 saturated carbocycles. The molecule has 0 amide bonds. The molecule has 100 valence electrons. The minimum absolute atomic E-state index is 0.223. The number of nitrogens with two attached hydrogens (primary N) is 1. The van der Waals surface area contributed by atoms with Crippen LogP contribution in [0.15, 0.2) is 36.4 Å². The standard InChI is InChI=1S/C16H17F2N/c1-10-3-4-11(2)12(7-10)8-16(19)14-9-13(17)5-6-15(14)18/h3-7,9,16H,8,19H2,1-2H3. The van der Waals surface area contributed by atoms with E-state index in [1.807, 2.05) is 32.0 Å². The van der Waals surface area contributed by atoms with Crippen LogP contribution in [0.2, 0.25) is 0 Å². The van der Waals surface area contributed by atoms with E-state index in [0.717, 1.165) is 28.8 Å². The number of rotatable bonds is 3. The van der Waals surface area contributed by atoms with E-state index in [0.29, 0.717) is 6.42 Å². The van der Waals surface area contributed by atoms with E-state index < -0.39 is 17.7 Å². The molecule has 0 fully saturated rings. The van der Waals surface area contributed by atoms with Crippen molar-refractivity contribution in [2.45, 2.75) is 26.3 Å². The van der Waals surface area contributed by atoms with Crippen molar-refractivity contribution in [2.24, 2.45) is 5.73 Å². The van der Waals surface area contributed by atoms with Crippen molar-refractivity contribution in [1.29, 1.82) is 0 Å². The van der Waals surface area contributed by atoms with Crippen LogP contribution in [0.1, 0.15) is 28.3 Å². The van der Waals surface area contributed by atoms with Crippen LogP contribution < -0.4 is 5.73 Å². The van der Waals surface area contributed by atoms with E-state index >= 15 is 0 Å². The second-order valence-electron chi connectivity index (χ2n) is 4.91. The summed E-state index contributed by atoms with van der Waals surface area (Å²) in [5.41, 5.74) is 9.54. The Bertz CT molecular complexity index is 593. The molecule has 1 atom stereocenters. The Morgan fingerprint density at radius 3 is 2.53 bits per heavy atom. The van der Waals surface area contributed by atoms with E-state index in [1.165, 1.54) is 6.07 Å². The predicted octanol–water partition coefficient (Wildman–Crippen LogP) is 3.82. The quantitative estimate of drug-likeness (QED) is 0.893. The van der Waals surface area contributed by atoms with E-state index in [2.05, 4.69) is 0 Å². The Morgan fingerprint density at radius 2 is 1.79 bits per heavy atom. The Labute approximate surface area is 112 Å². The van der Waals surface area contributed by atoms with Gasteiger partial charge >= 0.3 is 0 Å². The molecule has 2 N–H and O–H groups in total. The lowest BCUT2D eigenvalue weighted by Crippen LogP contribution is -2.16. The van der Waals surface area contributed by atoms with Gasteiger partial charge < -0.3 is 5.73 Å². The fourth-order valence-corrected chi connectivity index (χ4v) is 2.17. The van der Waals surface area contributed by atoms with Gasteiger partial charge in [0.25, 0.3) is 0 Å². The third kappa shape index (κ3) is 3.18. The van der Waals surface area contributed by atoms with Gasteiger partial charge in [0.15, 0.2) is 0 Å². The first-order valence-corrected chi connectivity index (χ1v) is 6.24. The minimum atomic E-state index is -0.545. The highest BCUT2D eigenvalue weighted by atomic mass is 19.1. The minimum Gasteiger partial charge on any atom is -0.324 e. The maximum absolute atomic E-state index is 13.7. The van der Waals surface area contributed by atoms with Gasteiger partial charge in [0.1, 0.15) is 11.6 Å². The molecule has 0 aliphatic heterocycles. The summed E-state index contributed by atoms with van der Waals surface area (Å²) >= 11 is 0. The third-order valence-corrected chi connectivity index (χ3v) is 3.30. The molecule has 2 aromatic rings.